The third kappa shape index (κ3) is 7.69. The summed E-state index contributed by atoms with van der Waals surface area (Å²) in [5.74, 6) is 0.0286. The van der Waals surface area contributed by atoms with Crippen molar-refractivity contribution in [1.29, 1.82) is 0 Å². The summed E-state index contributed by atoms with van der Waals surface area (Å²) in [5, 5.41) is 0. The van der Waals surface area contributed by atoms with E-state index in [0.717, 1.165) is 12.8 Å². The van der Waals surface area contributed by atoms with Crippen LogP contribution in [0, 0.1) is 0 Å². The zero-order valence-electron chi connectivity index (χ0n) is 8.13. The van der Waals surface area contributed by atoms with E-state index in [4.69, 9.17) is 9.47 Å². The van der Waals surface area contributed by atoms with E-state index in [0.29, 0.717) is 6.61 Å². The van der Waals surface area contributed by atoms with Gasteiger partial charge in [0.2, 0.25) is 0 Å². The van der Waals surface area contributed by atoms with Gasteiger partial charge < -0.3 is 9.47 Å². The Morgan fingerprint density at radius 2 is 2.08 bits per heavy atom. The van der Waals surface area contributed by atoms with Crippen LogP contribution in [0.2, 0.25) is 0 Å². The molecule has 0 aromatic carbocycles. The summed E-state index contributed by atoms with van der Waals surface area (Å²) < 4.78 is 10.3. The minimum absolute atomic E-state index is 0.0286. The van der Waals surface area contributed by atoms with Crippen LogP contribution in [0.15, 0.2) is 0 Å². The molecule has 0 N–H and O–H groups in total. The first-order chi connectivity index (χ1) is 5.66. The van der Waals surface area contributed by atoms with E-state index >= 15 is 0 Å². The van der Waals surface area contributed by atoms with Crippen molar-refractivity contribution in [3.05, 3.63) is 0 Å². The number of rotatable bonds is 7. The fourth-order valence-electron chi connectivity index (χ4n) is 0.676. The first-order valence-corrected chi connectivity index (χ1v) is 4.39. The Hall–Kier alpha value is -0.410. The fourth-order valence-corrected chi connectivity index (χ4v) is 0.676. The normalized spacial score (nSPS) is 12.9. The van der Waals surface area contributed by atoms with E-state index in [1.807, 2.05) is 0 Å². The topological polar surface area (TPSA) is 35.5 Å². The van der Waals surface area contributed by atoms with Gasteiger partial charge in [-0.2, -0.15) is 0 Å². The molecule has 0 aromatic heterocycles. The molecule has 1 unspecified atom stereocenters. The number of hydrogen-bond acceptors (Lipinski definition) is 3. The van der Waals surface area contributed by atoms with Gasteiger partial charge in [0.25, 0.3) is 0 Å². The highest BCUT2D eigenvalue weighted by Crippen LogP contribution is 1.96. The average Bonchev–Trinajstić information content (AvgIpc) is 2.01. The zero-order chi connectivity index (χ0) is 9.40. The molecule has 3 heteroatoms. The van der Waals surface area contributed by atoms with Crippen LogP contribution < -0.4 is 0 Å². The third-order valence-corrected chi connectivity index (χ3v) is 1.37. The molecule has 0 aliphatic carbocycles. The highest BCUT2D eigenvalue weighted by molar-refractivity contribution is 5.76. The molecule has 0 aromatic rings. The monoisotopic (exact) mass is 174 g/mol. The van der Waals surface area contributed by atoms with Crippen molar-refractivity contribution in [3.8, 4) is 0 Å². The Kier molecular flexibility index (Phi) is 7.00. The number of carbonyl (C=O) groups excluding carboxylic acids is 1. The summed E-state index contributed by atoms with van der Waals surface area (Å²) in [5.41, 5.74) is 0. The molecule has 0 aliphatic heterocycles. The van der Waals surface area contributed by atoms with Gasteiger partial charge in [0.1, 0.15) is 6.61 Å². The number of hydrogen-bond donors (Lipinski definition) is 0. The van der Waals surface area contributed by atoms with Gasteiger partial charge in [-0.05, 0) is 20.3 Å². The Morgan fingerprint density at radius 1 is 1.42 bits per heavy atom. The van der Waals surface area contributed by atoms with Crippen LogP contribution in [-0.4, -0.2) is 25.3 Å². The van der Waals surface area contributed by atoms with E-state index in [1.54, 1.807) is 6.92 Å². The van der Waals surface area contributed by atoms with Gasteiger partial charge in [-0.3, -0.25) is 4.79 Å². The van der Waals surface area contributed by atoms with Gasteiger partial charge in [0.15, 0.2) is 12.1 Å². The quantitative estimate of drug-likeness (QED) is 0.436. The zero-order valence-corrected chi connectivity index (χ0v) is 8.13. The molecule has 0 spiro atoms. The van der Waals surface area contributed by atoms with Crippen molar-refractivity contribution >= 4 is 5.78 Å². The largest absolute Gasteiger partial charge is 0.353 e. The molecule has 0 saturated heterocycles. The third-order valence-electron chi connectivity index (χ3n) is 1.37. The molecule has 0 saturated carbocycles. The van der Waals surface area contributed by atoms with Crippen LogP contribution >= 0.6 is 0 Å². The van der Waals surface area contributed by atoms with Gasteiger partial charge in [0.05, 0.1) is 0 Å². The maximum atomic E-state index is 10.5. The smallest absolute Gasteiger partial charge is 0.155 e. The van der Waals surface area contributed by atoms with Crippen molar-refractivity contribution < 1.29 is 14.3 Å². The lowest BCUT2D eigenvalue weighted by Crippen LogP contribution is -2.17. The molecule has 0 bridgehead atoms. The second-order valence-corrected chi connectivity index (χ2v) is 2.80. The number of ketones is 1. The summed E-state index contributed by atoms with van der Waals surface area (Å²) in [6, 6.07) is 0. The fraction of sp³-hybridized carbons (Fsp3) is 0.889. The van der Waals surface area contributed by atoms with E-state index in [1.165, 1.54) is 6.92 Å². The number of Topliss-reactive ketones (excluding diaryl/α,β-unsaturated/α-hetero) is 1. The first-order valence-electron chi connectivity index (χ1n) is 4.39. The van der Waals surface area contributed by atoms with Crippen molar-refractivity contribution in [2.24, 2.45) is 0 Å². The standard InChI is InChI=1S/C9H18O3/c1-4-5-6-11-9(3)12-7-8(2)10/h9H,4-7H2,1-3H3. The predicted octanol–water partition coefficient (Wildman–Crippen LogP) is 1.75. The van der Waals surface area contributed by atoms with Crippen LogP contribution in [0.1, 0.15) is 33.6 Å². The van der Waals surface area contributed by atoms with Crippen LogP contribution in [0.4, 0.5) is 0 Å². The molecule has 0 radical (unpaired) electrons. The number of unbranched alkanes of at least 4 members (excludes halogenated alkanes) is 1. The Bertz CT molecular complexity index is 123. The van der Waals surface area contributed by atoms with Gasteiger partial charge >= 0.3 is 0 Å². The second kappa shape index (κ2) is 7.25. The summed E-state index contributed by atoms with van der Waals surface area (Å²) in [4.78, 5) is 10.5. The highest BCUT2D eigenvalue weighted by Gasteiger charge is 2.02. The highest BCUT2D eigenvalue weighted by atomic mass is 16.7. The second-order valence-electron chi connectivity index (χ2n) is 2.80. The minimum atomic E-state index is -0.263. The van der Waals surface area contributed by atoms with Crippen LogP contribution in [0.25, 0.3) is 0 Å². The van der Waals surface area contributed by atoms with Crippen LogP contribution in [0.5, 0.6) is 0 Å². The molecule has 0 aliphatic rings. The summed E-state index contributed by atoms with van der Waals surface area (Å²) in [6.45, 7) is 6.25. The number of ether oxygens (including phenoxy) is 2. The molecule has 12 heavy (non-hydrogen) atoms. The predicted molar refractivity (Wildman–Crippen MR) is 47.0 cm³/mol. The first kappa shape index (κ1) is 11.6. The summed E-state index contributed by atoms with van der Waals surface area (Å²) in [6.07, 6.45) is 1.88. The minimum Gasteiger partial charge on any atom is -0.353 e. The van der Waals surface area contributed by atoms with Gasteiger partial charge in [0, 0.05) is 6.61 Å². The molecule has 3 nitrogen and oxygen atoms in total. The van der Waals surface area contributed by atoms with Crippen LogP contribution in [-0.2, 0) is 14.3 Å². The molecular weight excluding hydrogens is 156 g/mol. The van der Waals surface area contributed by atoms with Gasteiger partial charge in [-0.25, -0.2) is 0 Å². The van der Waals surface area contributed by atoms with Gasteiger partial charge in [-0.1, -0.05) is 13.3 Å². The molecule has 0 heterocycles. The van der Waals surface area contributed by atoms with E-state index in [2.05, 4.69) is 6.92 Å². The van der Waals surface area contributed by atoms with Crippen molar-refractivity contribution in [2.45, 2.75) is 39.9 Å². The van der Waals surface area contributed by atoms with E-state index in [9.17, 15) is 4.79 Å². The van der Waals surface area contributed by atoms with E-state index in [-0.39, 0.29) is 18.7 Å². The Balaban J connectivity index is 3.21. The Morgan fingerprint density at radius 3 is 2.58 bits per heavy atom. The van der Waals surface area contributed by atoms with Crippen LogP contribution in [0.3, 0.4) is 0 Å². The molecule has 0 fully saturated rings. The summed E-state index contributed by atoms with van der Waals surface area (Å²) >= 11 is 0. The Labute approximate surface area is 74.0 Å². The molecule has 72 valence electrons. The molecule has 0 rings (SSSR count). The SMILES string of the molecule is CCCCOC(C)OCC(C)=O. The van der Waals surface area contributed by atoms with Crippen molar-refractivity contribution in [3.63, 3.8) is 0 Å². The van der Waals surface area contributed by atoms with Crippen molar-refractivity contribution in [1.82, 2.24) is 0 Å². The maximum Gasteiger partial charge on any atom is 0.155 e. The van der Waals surface area contributed by atoms with E-state index < -0.39 is 0 Å². The molecular formula is C9H18O3. The van der Waals surface area contributed by atoms with Gasteiger partial charge in [-0.15, -0.1) is 0 Å². The summed E-state index contributed by atoms with van der Waals surface area (Å²) in [7, 11) is 0. The number of carbonyl (C=O) groups is 1. The lowest BCUT2D eigenvalue weighted by molar-refractivity contribution is -0.148. The average molecular weight is 174 g/mol. The van der Waals surface area contributed by atoms with Crippen molar-refractivity contribution in [2.75, 3.05) is 13.2 Å². The lowest BCUT2D eigenvalue weighted by Gasteiger charge is -2.12. The lowest BCUT2D eigenvalue weighted by atomic mass is 10.4. The molecule has 0 amide bonds. The maximum absolute atomic E-state index is 10.5. The molecule has 1 atom stereocenters.